The molecule has 4 nitrogen and oxygen atoms in total. The van der Waals surface area contributed by atoms with Gasteiger partial charge >= 0.3 is 0 Å². The average Bonchev–Trinajstić information content (AvgIpc) is 3.05. The van der Waals surface area contributed by atoms with Crippen molar-refractivity contribution in [1.82, 2.24) is 14.5 Å². The van der Waals surface area contributed by atoms with Gasteiger partial charge in [-0.2, -0.15) is 0 Å². The molecule has 0 fully saturated rings. The first-order valence-corrected chi connectivity index (χ1v) is 7.84. The molecule has 5 heteroatoms. The molecular formula is C19H17FN4. The minimum Gasteiger partial charge on any atom is -0.372 e. The number of hydrogen-bond acceptors (Lipinski definition) is 3. The molecule has 3 heterocycles. The Bertz CT molecular complexity index is 1010. The highest BCUT2D eigenvalue weighted by atomic mass is 19.1. The van der Waals surface area contributed by atoms with Gasteiger partial charge in [0.2, 0.25) is 0 Å². The molecule has 0 radical (unpaired) electrons. The van der Waals surface area contributed by atoms with Crippen LogP contribution in [0.5, 0.6) is 0 Å². The van der Waals surface area contributed by atoms with Crippen molar-refractivity contribution in [2.24, 2.45) is 0 Å². The smallest absolute Gasteiger partial charge is 0.137 e. The van der Waals surface area contributed by atoms with Crippen molar-refractivity contribution in [2.45, 2.75) is 0 Å². The maximum absolute atomic E-state index is 12.6. The van der Waals surface area contributed by atoms with Gasteiger partial charge in [0, 0.05) is 48.6 Å². The monoisotopic (exact) mass is 320 g/mol. The number of pyridine rings is 2. The molecule has 0 aliphatic rings. The number of aromatic nitrogens is 3. The van der Waals surface area contributed by atoms with Gasteiger partial charge in [-0.15, -0.1) is 0 Å². The molecule has 0 aliphatic carbocycles. The van der Waals surface area contributed by atoms with Gasteiger partial charge in [-0.05, 0) is 35.7 Å². The van der Waals surface area contributed by atoms with E-state index in [4.69, 9.17) is 0 Å². The van der Waals surface area contributed by atoms with Gasteiger partial charge in [0.1, 0.15) is 12.5 Å². The molecule has 4 rings (SSSR count). The zero-order valence-electron chi connectivity index (χ0n) is 13.4. The van der Waals surface area contributed by atoms with Crippen LogP contribution >= 0.6 is 0 Å². The zero-order chi connectivity index (χ0) is 16.5. The van der Waals surface area contributed by atoms with Crippen LogP contribution in [-0.4, -0.2) is 34.8 Å². The van der Waals surface area contributed by atoms with Gasteiger partial charge < -0.3 is 4.90 Å². The fraction of sp³-hybridized carbons (Fsp3) is 0.158. The molecule has 120 valence electrons. The number of fused-ring (bicyclic) bond motifs is 2. The van der Waals surface area contributed by atoms with Gasteiger partial charge in [0.15, 0.2) is 0 Å². The summed E-state index contributed by atoms with van der Waals surface area (Å²) < 4.78 is 14.6. The second-order valence-corrected chi connectivity index (χ2v) is 5.80. The number of nitrogens with zero attached hydrogens (tertiary/aromatic N) is 4. The fourth-order valence-corrected chi connectivity index (χ4v) is 2.92. The van der Waals surface area contributed by atoms with E-state index in [0.717, 1.165) is 33.2 Å². The average molecular weight is 320 g/mol. The third-order valence-corrected chi connectivity index (χ3v) is 4.29. The van der Waals surface area contributed by atoms with Crippen molar-refractivity contribution in [2.75, 3.05) is 25.2 Å². The molecule has 0 saturated heterocycles. The molecular weight excluding hydrogens is 303 g/mol. The van der Waals surface area contributed by atoms with E-state index in [2.05, 4.69) is 22.1 Å². The summed E-state index contributed by atoms with van der Waals surface area (Å²) in [5.74, 6) is 0.843. The van der Waals surface area contributed by atoms with Crippen LogP contribution in [0.1, 0.15) is 0 Å². The van der Waals surface area contributed by atoms with Crippen molar-refractivity contribution >= 4 is 27.4 Å². The Balaban J connectivity index is 1.82. The summed E-state index contributed by atoms with van der Waals surface area (Å²) in [7, 11) is 1.90. The Morgan fingerprint density at radius 3 is 2.83 bits per heavy atom. The Morgan fingerprint density at radius 2 is 1.96 bits per heavy atom. The minimum absolute atomic E-state index is 0.363. The van der Waals surface area contributed by atoms with E-state index in [1.165, 1.54) is 0 Å². The number of rotatable bonds is 4. The molecule has 0 spiro atoms. The van der Waals surface area contributed by atoms with Crippen LogP contribution in [0.2, 0.25) is 0 Å². The molecule has 0 aliphatic heterocycles. The predicted octanol–water partition coefficient (Wildman–Crippen LogP) is 3.98. The second kappa shape index (κ2) is 5.92. The maximum atomic E-state index is 12.6. The van der Waals surface area contributed by atoms with Crippen LogP contribution in [0.3, 0.4) is 0 Å². The molecule has 0 atom stereocenters. The highest BCUT2D eigenvalue weighted by Crippen LogP contribution is 2.24. The van der Waals surface area contributed by atoms with E-state index in [0.29, 0.717) is 6.54 Å². The van der Waals surface area contributed by atoms with Gasteiger partial charge in [0.25, 0.3) is 0 Å². The van der Waals surface area contributed by atoms with E-state index < -0.39 is 0 Å². The largest absolute Gasteiger partial charge is 0.372 e. The van der Waals surface area contributed by atoms with Crippen LogP contribution in [0.15, 0.2) is 61.2 Å². The van der Waals surface area contributed by atoms with Crippen molar-refractivity contribution < 1.29 is 4.39 Å². The normalized spacial score (nSPS) is 11.2. The highest BCUT2D eigenvalue weighted by Gasteiger charge is 2.07. The van der Waals surface area contributed by atoms with Gasteiger partial charge in [-0.1, -0.05) is 6.07 Å². The fourth-order valence-electron chi connectivity index (χ4n) is 2.92. The van der Waals surface area contributed by atoms with Gasteiger partial charge in [-0.3, -0.25) is 9.55 Å². The van der Waals surface area contributed by atoms with Crippen LogP contribution < -0.4 is 4.90 Å². The molecule has 0 unspecified atom stereocenters. The minimum atomic E-state index is -0.363. The molecule has 24 heavy (non-hydrogen) atoms. The number of alkyl halides is 1. The Kier molecular flexibility index (Phi) is 3.61. The Morgan fingerprint density at radius 1 is 1.04 bits per heavy atom. The summed E-state index contributed by atoms with van der Waals surface area (Å²) in [6.45, 7) is 0.0237. The molecule has 1 aromatic carbocycles. The first-order valence-electron chi connectivity index (χ1n) is 7.84. The van der Waals surface area contributed by atoms with E-state index >= 15 is 0 Å². The van der Waals surface area contributed by atoms with Crippen LogP contribution in [0, 0.1) is 0 Å². The lowest BCUT2D eigenvalue weighted by Gasteiger charge is -2.18. The highest BCUT2D eigenvalue weighted by molar-refractivity contribution is 5.87. The molecule has 3 aromatic heterocycles. The Labute approximate surface area is 139 Å². The van der Waals surface area contributed by atoms with E-state index in [9.17, 15) is 4.39 Å². The molecule has 0 N–H and O–H groups in total. The predicted molar refractivity (Wildman–Crippen MR) is 95.6 cm³/mol. The summed E-state index contributed by atoms with van der Waals surface area (Å²) >= 11 is 0. The van der Waals surface area contributed by atoms with Gasteiger partial charge in [-0.25, -0.2) is 9.37 Å². The standard InChI is InChI=1S/C19H17FN4/c1-23(9-6-20)17-3-2-15-12-22-19(11-16(15)10-17)24-8-5-14-4-7-21-13-18(14)24/h2-5,7-8,10-13H,6,9H2,1H3. The third kappa shape index (κ3) is 2.48. The lowest BCUT2D eigenvalue weighted by Crippen LogP contribution is -2.19. The lowest BCUT2D eigenvalue weighted by atomic mass is 10.1. The first kappa shape index (κ1) is 14.6. The molecule has 0 bridgehead atoms. The number of halogens is 1. The molecule has 0 saturated carbocycles. The lowest BCUT2D eigenvalue weighted by molar-refractivity contribution is 0.497. The summed E-state index contributed by atoms with van der Waals surface area (Å²) in [5.41, 5.74) is 2.02. The quantitative estimate of drug-likeness (QED) is 0.570. The third-order valence-electron chi connectivity index (χ3n) is 4.29. The SMILES string of the molecule is CN(CCF)c1ccc2cnc(-n3ccc4ccncc43)cc2c1. The van der Waals surface area contributed by atoms with Crippen LogP contribution in [0.4, 0.5) is 10.1 Å². The number of hydrogen-bond donors (Lipinski definition) is 0. The molecule has 4 aromatic rings. The Hall–Kier alpha value is -2.95. The second-order valence-electron chi connectivity index (χ2n) is 5.80. The van der Waals surface area contributed by atoms with Gasteiger partial charge in [0.05, 0.1) is 11.7 Å². The van der Waals surface area contributed by atoms with Crippen LogP contribution in [0.25, 0.3) is 27.5 Å². The van der Waals surface area contributed by atoms with Crippen LogP contribution in [-0.2, 0) is 0 Å². The first-order chi connectivity index (χ1) is 11.8. The summed E-state index contributed by atoms with van der Waals surface area (Å²) in [6.07, 6.45) is 7.49. The van der Waals surface area contributed by atoms with E-state index in [1.54, 1.807) is 6.20 Å². The zero-order valence-corrected chi connectivity index (χ0v) is 13.4. The topological polar surface area (TPSA) is 34.0 Å². The van der Waals surface area contributed by atoms with E-state index in [-0.39, 0.29) is 6.67 Å². The van der Waals surface area contributed by atoms with Crippen molar-refractivity contribution in [3.8, 4) is 5.82 Å². The van der Waals surface area contributed by atoms with E-state index in [1.807, 2.05) is 59.4 Å². The number of anilines is 1. The maximum Gasteiger partial charge on any atom is 0.137 e. The molecule has 0 amide bonds. The summed E-state index contributed by atoms with van der Waals surface area (Å²) in [6, 6.07) is 12.2. The summed E-state index contributed by atoms with van der Waals surface area (Å²) in [5, 5.41) is 3.27. The van der Waals surface area contributed by atoms with Crippen molar-refractivity contribution in [1.29, 1.82) is 0 Å². The van der Waals surface area contributed by atoms with Crippen molar-refractivity contribution in [3.05, 3.63) is 61.2 Å². The van der Waals surface area contributed by atoms with Crippen molar-refractivity contribution in [3.63, 3.8) is 0 Å². The summed E-state index contributed by atoms with van der Waals surface area (Å²) in [4.78, 5) is 10.7. The number of benzene rings is 1.